The molecule has 0 fully saturated rings. The Morgan fingerprint density at radius 1 is 0.185 bits per heavy atom. The molecular weight excluding hydrogens is 1750 g/mol. The Kier molecular flexibility index (Phi) is 19.4. The number of aromatic nitrogens is 8. The van der Waals surface area contributed by atoms with Gasteiger partial charge in [-0.2, -0.15) is 0 Å². The zero-order chi connectivity index (χ0) is 89.0. The van der Waals surface area contributed by atoms with E-state index >= 15 is 123 Å². The van der Waals surface area contributed by atoms with Crippen molar-refractivity contribution < 1.29 is 146 Å². The van der Waals surface area contributed by atoms with Gasteiger partial charge in [0, 0.05) is 88.6 Å². The summed E-state index contributed by atoms with van der Waals surface area (Å²) < 4.78 is 494. The number of halogens is 30. The van der Waals surface area contributed by atoms with Gasteiger partial charge in [0.2, 0.25) is 34.9 Å². The van der Waals surface area contributed by atoms with E-state index in [0.717, 1.165) is 18.2 Å². The number of nitrogens with one attached hydrogen (secondary N) is 4. The Labute approximate surface area is 665 Å². The summed E-state index contributed by atoms with van der Waals surface area (Å²) in [5, 5.41) is -1.19. The number of rotatable bonds is 9. The fraction of sp³-hybridized carbons (Fsp3) is 0. The van der Waals surface area contributed by atoms with E-state index in [9.17, 15) is 23.1 Å². The van der Waals surface area contributed by atoms with Crippen molar-refractivity contribution >= 4 is 106 Å². The van der Waals surface area contributed by atoms with Crippen molar-refractivity contribution in [3.05, 3.63) is 287 Å². The van der Waals surface area contributed by atoms with Crippen LogP contribution in [0.25, 0.3) is 182 Å². The fourth-order valence-electron chi connectivity index (χ4n) is 14.6. The third-order valence-corrected chi connectivity index (χ3v) is 21.1. The van der Waals surface area contributed by atoms with Crippen LogP contribution in [-0.4, -0.2) is 49.7 Å². The molecule has 11 nitrogen and oxygen atoms in total. The maximum atomic E-state index is 16.9. The first-order valence-electron chi connectivity index (χ1n) is 34.3. The molecule has 4 aliphatic heterocycles. The molecule has 0 spiro atoms. The largest absolute Gasteiger partial charge is 0.356 e. The second-order valence-corrected chi connectivity index (χ2v) is 28.6. The third kappa shape index (κ3) is 12.2. The van der Waals surface area contributed by atoms with E-state index in [0.29, 0.717) is 97.1 Å². The highest BCUT2D eigenvalue weighted by atomic mass is 31.2. The first-order chi connectivity index (χ1) is 58.6. The van der Waals surface area contributed by atoms with Gasteiger partial charge in [-0.15, -0.1) is 0 Å². The Morgan fingerprint density at radius 2 is 0.331 bits per heavy atom. The molecule has 124 heavy (non-hydrogen) atoms. The molecule has 16 bridgehead atoms. The number of benzene rings is 7. The Bertz CT molecular complexity index is 7400. The van der Waals surface area contributed by atoms with Crippen molar-refractivity contribution in [3.63, 3.8) is 0 Å². The lowest BCUT2D eigenvalue weighted by atomic mass is 9.92. The molecule has 0 saturated carbocycles. The molecule has 0 amide bonds. The van der Waals surface area contributed by atoms with Gasteiger partial charge in [0.15, 0.2) is 140 Å². The SMILES string of the molecule is O=P(O)(O)c1ccc(-c2c3nc(c(-c4c(F)c(F)c(F)c(F)c4F)c4ccc([nH]4)c(-c4c(F)c(F)c(F)c(F)c4F)c4nc(c(-c5c(F)c(F)c(F)c(F)c5F)c5ccc2[nH]5)C=C4)C=C3)c(-c2c3nc(c(-c4c(F)c(F)c(F)c(F)c4F)c4ccc([nH]4)c(-c4c(F)c(F)c(F)c(F)c4F)c4nc(c(-c5c(F)c(F)c(F)c(F)c5F)c5ccc2[nH]5)C=C4)C=C3)c1. The van der Waals surface area contributed by atoms with Crippen LogP contribution >= 0.6 is 7.60 Å². The summed E-state index contributed by atoms with van der Waals surface area (Å²) in [6, 6.07) is 6.84. The number of aromatic amines is 4. The standard InChI is InChI=1S/C82H25F30N8O3P/c83-53-47(54(84)66(96)77(107)65(53)95)41-27-7-3-23(113-27)39(24-4-8-28(114-24)42(48-55(85)67(97)78(108)68(98)56(48)86)32-12-16-36(118-32)45(35-15-11-31(41)117-35)51-61(91)73(103)81(111)74(104)62(51)92)21-2-1-20(124(121,122)123)19-22(21)40-25-5-9-29(115-25)43(49-57(87)69(99)79(109)70(100)58(49)88)33-13-17-37(119-33)46(52-63(93)75(105)82(112)76(106)64(52)94)38-18-14-34(120-38)44(30-10-6-26(40)116-30)50-59(89)71(101)80(110)72(102)60(50)90/h1-19,113,115,118,120H,(H2,121,122,123). The van der Waals surface area contributed by atoms with Gasteiger partial charge in [-0.1, -0.05) is 6.07 Å². The molecule has 0 radical (unpaired) electrons. The van der Waals surface area contributed by atoms with Gasteiger partial charge in [0.1, 0.15) is 0 Å². The zero-order valence-electron chi connectivity index (χ0n) is 59.3. The van der Waals surface area contributed by atoms with Gasteiger partial charge in [-0.3, -0.25) is 4.57 Å². The van der Waals surface area contributed by atoms with Crippen LogP contribution in [0.5, 0.6) is 0 Å². The topological polar surface area (TPSA) is 172 Å². The Balaban J connectivity index is 1.10. The molecule has 4 aliphatic rings. The summed E-state index contributed by atoms with van der Waals surface area (Å²) >= 11 is 0. The van der Waals surface area contributed by atoms with Crippen LogP contribution in [0, 0.1) is 175 Å². The molecule has 0 unspecified atom stereocenters. The van der Waals surface area contributed by atoms with E-state index in [1.165, 1.54) is 0 Å². The van der Waals surface area contributed by atoms with Gasteiger partial charge in [0.25, 0.3) is 0 Å². The number of hydrogen-bond acceptors (Lipinski definition) is 5. The minimum atomic E-state index is -5.95. The fourth-order valence-corrected chi connectivity index (χ4v) is 15.2. The summed E-state index contributed by atoms with van der Waals surface area (Å²) in [6.45, 7) is 0. The number of nitrogens with zero attached hydrogens (tertiary/aromatic N) is 4. The highest BCUT2D eigenvalue weighted by Crippen LogP contribution is 2.51. The van der Waals surface area contributed by atoms with Gasteiger partial charge >= 0.3 is 7.60 Å². The van der Waals surface area contributed by atoms with E-state index in [-0.39, 0.29) is 0 Å². The maximum absolute atomic E-state index is 16.9. The Hall–Kier alpha value is -14.2. The monoisotopic (exact) mass is 1770 g/mol. The van der Waals surface area contributed by atoms with Crippen molar-refractivity contribution in [2.75, 3.05) is 0 Å². The van der Waals surface area contributed by atoms with E-state index < -0.39 is 366 Å². The number of H-pyrrole nitrogens is 4. The highest BCUT2D eigenvalue weighted by Gasteiger charge is 2.39. The summed E-state index contributed by atoms with van der Waals surface area (Å²) in [6.07, 6.45) is 4.88. The van der Waals surface area contributed by atoms with E-state index in [1.807, 2.05) is 0 Å². The lowest BCUT2D eigenvalue weighted by Gasteiger charge is -2.16. The lowest BCUT2D eigenvalue weighted by molar-refractivity contribution is 0.381. The van der Waals surface area contributed by atoms with Crippen LogP contribution < -0.4 is 5.30 Å². The van der Waals surface area contributed by atoms with Crippen LogP contribution in [0.2, 0.25) is 0 Å². The predicted molar refractivity (Wildman–Crippen MR) is 385 cm³/mol. The van der Waals surface area contributed by atoms with Crippen molar-refractivity contribution in [1.82, 2.24) is 39.9 Å². The van der Waals surface area contributed by atoms with Crippen molar-refractivity contribution in [2.24, 2.45) is 0 Å². The van der Waals surface area contributed by atoms with Crippen LogP contribution in [-0.2, 0) is 4.57 Å². The molecule has 0 saturated heterocycles. The smallest absolute Gasteiger partial charge is 0.354 e. The first-order valence-corrected chi connectivity index (χ1v) is 35.9. The molecule has 0 aliphatic carbocycles. The average molecular weight is 1770 g/mol. The highest BCUT2D eigenvalue weighted by molar-refractivity contribution is 7.60. The van der Waals surface area contributed by atoms with Crippen LogP contribution in [0.3, 0.4) is 0 Å². The number of hydrogen-bond donors (Lipinski definition) is 6. The maximum Gasteiger partial charge on any atom is 0.356 e. The van der Waals surface area contributed by atoms with Gasteiger partial charge in [-0.25, -0.2) is 152 Å². The molecule has 17 rings (SSSR count). The lowest BCUT2D eigenvalue weighted by Crippen LogP contribution is -2.06. The minimum Gasteiger partial charge on any atom is -0.354 e. The predicted octanol–water partition coefficient (Wildman–Crippen LogP) is 23.9. The molecule has 42 heteroatoms. The molecule has 0 atom stereocenters. The Morgan fingerprint density at radius 3 is 0.500 bits per heavy atom. The molecule has 10 heterocycles. The third-order valence-electron chi connectivity index (χ3n) is 20.1. The van der Waals surface area contributed by atoms with Gasteiger partial charge in [0.05, 0.1) is 84.2 Å². The van der Waals surface area contributed by atoms with Crippen LogP contribution in [0.4, 0.5) is 132 Å². The molecule has 13 aromatic rings. The van der Waals surface area contributed by atoms with Gasteiger partial charge in [-0.05, 0) is 120 Å². The molecule has 6 aromatic heterocycles. The molecule has 626 valence electrons. The van der Waals surface area contributed by atoms with Crippen molar-refractivity contribution in [3.8, 4) is 89.0 Å². The quantitative estimate of drug-likeness (QED) is 0.0361. The molecular formula is C82H25F30N8O3P. The summed E-state index contributed by atoms with van der Waals surface area (Å²) in [4.78, 5) is 49.1. The van der Waals surface area contributed by atoms with Crippen LogP contribution in [0.15, 0.2) is 66.7 Å². The van der Waals surface area contributed by atoms with E-state index in [2.05, 4.69) is 39.9 Å². The summed E-state index contributed by atoms with van der Waals surface area (Å²) in [5.41, 5.74) is -40.4. The average Bonchev–Trinajstić information content (AvgIpc) is 1.58. The second-order valence-electron chi connectivity index (χ2n) is 26.9. The molecule has 7 aromatic carbocycles. The van der Waals surface area contributed by atoms with Crippen molar-refractivity contribution in [2.45, 2.75) is 0 Å². The van der Waals surface area contributed by atoms with E-state index in [1.54, 1.807) is 0 Å². The zero-order valence-corrected chi connectivity index (χ0v) is 60.2. The first kappa shape index (κ1) is 82.1. The summed E-state index contributed by atoms with van der Waals surface area (Å²) in [7, 11) is -5.95. The molecule has 6 N–H and O–H groups in total. The van der Waals surface area contributed by atoms with Crippen LogP contribution in [0.1, 0.15) is 45.6 Å². The van der Waals surface area contributed by atoms with E-state index in [4.69, 9.17) is 0 Å². The van der Waals surface area contributed by atoms with Crippen molar-refractivity contribution in [1.29, 1.82) is 0 Å². The number of fused-ring (bicyclic) bond motifs is 16. The minimum absolute atomic E-state index is 0.494. The van der Waals surface area contributed by atoms with Gasteiger partial charge < -0.3 is 29.7 Å². The second kappa shape index (κ2) is 29.3. The normalized spacial score (nSPS) is 12.6. The summed E-state index contributed by atoms with van der Waals surface area (Å²) in [5.74, 6) is -82.5.